The van der Waals surface area contributed by atoms with Crippen LogP contribution < -0.4 is 10.9 Å². The fraction of sp³-hybridized carbons (Fsp3) is 0.250. The van der Waals surface area contributed by atoms with Crippen LogP contribution >= 0.6 is 23.4 Å². The minimum atomic E-state index is -0.212. The lowest BCUT2D eigenvalue weighted by Crippen LogP contribution is -2.29. The minimum absolute atomic E-state index is 0.118. The zero-order valence-corrected chi connectivity index (χ0v) is 17.1. The van der Waals surface area contributed by atoms with Crippen molar-refractivity contribution in [2.75, 3.05) is 24.8 Å². The van der Waals surface area contributed by atoms with E-state index in [2.05, 4.69) is 10.3 Å². The number of nitrogens with zero attached hydrogens (tertiary/aromatic N) is 2. The molecular weight excluding hydrogens is 398 g/mol. The van der Waals surface area contributed by atoms with Crippen LogP contribution in [0.5, 0.6) is 0 Å². The Kier molecular flexibility index (Phi) is 6.72. The van der Waals surface area contributed by atoms with E-state index in [0.717, 1.165) is 0 Å². The van der Waals surface area contributed by atoms with Gasteiger partial charge in [-0.15, -0.1) is 0 Å². The number of methoxy groups -OCH3 is 1. The first-order chi connectivity index (χ1) is 13.5. The van der Waals surface area contributed by atoms with Gasteiger partial charge in [0.15, 0.2) is 5.16 Å². The topological polar surface area (TPSA) is 73.2 Å². The average molecular weight is 418 g/mol. The first-order valence-corrected chi connectivity index (χ1v) is 10.0. The van der Waals surface area contributed by atoms with Crippen molar-refractivity contribution in [1.29, 1.82) is 0 Å². The van der Waals surface area contributed by atoms with Crippen LogP contribution in [-0.2, 0) is 9.53 Å². The Morgan fingerprint density at radius 3 is 2.68 bits per heavy atom. The number of amides is 1. The summed E-state index contributed by atoms with van der Waals surface area (Å²) < 4.78 is 6.80. The van der Waals surface area contributed by atoms with Crippen LogP contribution in [-0.4, -0.2) is 34.9 Å². The molecular formula is C20H20ClN3O3S. The number of halogens is 1. The molecule has 1 atom stereocenters. The van der Waals surface area contributed by atoms with E-state index in [1.54, 1.807) is 48.1 Å². The van der Waals surface area contributed by atoms with Gasteiger partial charge in [-0.25, -0.2) is 4.98 Å². The normalized spacial score (nSPS) is 12.1. The van der Waals surface area contributed by atoms with Gasteiger partial charge >= 0.3 is 0 Å². The Morgan fingerprint density at radius 2 is 1.96 bits per heavy atom. The number of carbonyl (C=O) groups is 1. The van der Waals surface area contributed by atoms with E-state index in [-0.39, 0.29) is 23.3 Å². The summed E-state index contributed by atoms with van der Waals surface area (Å²) in [6, 6.07) is 13.9. The molecule has 0 saturated heterocycles. The number of nitrogens with one attached hydrogen (secondary N) is 1. The van der Waals surface area contributed by atoms with Crippen molar-refractivity contribution < 1.29 is 9.53 Å². The van der Waals surface area contributed by atoms with Crippen molar-refractivity contribution in [1.82, 2.24) is 9.55 Å². The number of thioether (sulfide) groups is 1. The van der Waals surface area contributed by atoms with Gasteiger partial charge in [0, 0.05) is 17.8 Å². The molecule has 0 bridgehead atoms. The second-order valence-corrected chi connectivity index (χ2v) is 7.61. The molecule has 1 N–H and O–H groups in total. The van der Waals surface area contributed by atoms with Crippen LogP contribution in [0, 0.1) is 0 Å². The summed E-state index contributed by atoms with van der Waals surface area (Å²) in [6.07, 6.45) is 0. The molecule has 0 fully saturated rings. The smallest absolute Gasteiger partial charge is 0.262 e. The summed E-state index contributed by atoms with van der Waals surface area (Å²) in [4.78, 5) is 29.9. The maximum atomic E-state index is 13.0. The van der Waals surface area contributed by atoms with Crippen molar-refractivity contribution >= 4 is 45.9 Å². The van der Waals surface area contributed by atoms with E-state index in [1.165, 1.54) is 11.8 Å². The van der Waals surface area contributed by atoms with Crippen molar-refractivity contribution in [3.05, 3.63) is 63.9 Å². The molecule has 1 heterocycles. The summed E-state index contributed by atoms with van der Waals surface area (Å²) in [5.41, 5.74) is 1.12. The number of para-hydroxylation sites is 1. The average Bonchev–Trinajstić information content (AvgIpc) is 2.68. The molecule has 6 nitrogen and oxygen atoms in total. The number of fused-ring (bicyclic) bond motifs is 1. The fourth-order valence-corrected chi connectivity index (χ4v) is 3.82. The minimum Gasteiger partial charge on any atom is -0.383 e. The Labute approximate surface area is 171 Å². The number of benzene rings is 2. The third-order valence-corrected chi connectivity index (χ3v) is 5.29. The van der Waals surface area contributed by atoms with E-state index in [4.69, 9.17) is 16.3 Å². The number of aromatic nitrogens is 2. The first kappa shape index (κ1) is 20.4. The molecule has 0 aliphatic carbocycles. The lowest BCUT2D eigenvalue weighted by Gasteiger charge is -2.18. The zero-order valence-electron chi connectivity index (χ0n) is 15.5. The molecule has 146 valence electrons. The standard InChI is InChI=1S/C20H20ClN3O3S/c1-13(11-27-2)24-19(26)16-5-3-4-6-17(16)23-20(24)28-12-18(25)22-15-9-7-14(21)8-10-15/h3-10,13H,11-12H2,1-2H3,(H,22,25)/t13-/m1/s1. The highest BCUT2D eigenvalue weighted by Gasteiger charge is 2.17. The Morgan fingerprint density at radius 1 is 1.25 bits per heavy atom. The molecule has 2 aromatic carbocycles. The van der Waals surface area contributed by atoms with Crippen LogP contribution in [0.1, 0.15) is 13.0 Å². The van der Waals surface area contributed by atoms with Crippen LogP contribution in [0.2, 0.25) is 5.02 Å². The second-order valence-electron chi connectivity index (χ2n) is 6.23. The maximum Gasteiger partial charge on any atom is 0.262 e. The van der Waals surface area contributed by atoms with E-state index in [9.17, 15) is 9.59 Å². The quantitative estimate of drug-likeness (QED) is 0.465. The lowest BCUT2D eigenvalue weighted by molar-refractivity contribution is -0.113. The van der Waals surface area contributed by atoms with E-state index >= 15 is 0 Å². The predicted octanol–water partition coefficient (Wildman–Crippen LogP) is 3.99. The monoisotopic (exact) mass is 417 g/mol. The highest BCUT2D eigenvalue weighted by molar-refractivity contribution is 7.99. The van der Waals surface area contributed by atoms with Crippen molar-refractivity contribution in [3.63, 3.8) is 0 Å². The third-order valence-electron chi connectivity index (χ3n) is 4.08. The molecule has 28 heavy (non-hydrogen) atoms. The van der Waals surface area contributed by atoms with Gasteiger partial charge in [0.1, 0.15) is 0 Å². The number of carbonyl (C=O) groups excluding carboxylic acids is 1. The van der Waals surface area contributed by atoms with Crippen LogP contribution in [0.3, 0.4) is 0 Å². The molecule has 0 aliphatic heterocycles. The Bertz CT molecular complexity index is 1040. The van der Waals surface area contributed by atoms with Gasteiger partial charge in [0.25, 0.3) is 5.56 Å². The van der Waals surface area contributed by atoms with E-state index in [1.807, 2.05) is 19.1 Å². The summed E-state index contributed by atoms with van der Waals surface area (Å²) in [5.74, 6) is -0.0757. The van der Waals surface area contributed by atoms with Crippen molar-refractivity contribution in [3.8, 4) is 0 Å². The number of rotatable bonds is 7. The fourth-order valence-electron chi connectivity index (χ4n) is 2.79. The highest BCUT2D eigenvalue weighted by atomic mass is 35.5. The van der Waals surface area contributed by atoms with Crippen LogP contribution in [0.4, 0.5) is 5.69 Å². The molecule has 3 aromatic rings. The Hall–Kier alpha value is -2.35. The second kappa shape index (κ2) is 9.23. The van der Waals surface area contributed by atoms with Crippen molar-refractivity contribution in [2.45, 2.75) is 18.1 Å². The van der Waals surface area contributed by atoms with E-state index in [0.29, 0.717) is 33.4 Å². The summed E-state index contributed by atoms with van der Waals surface area (Å²) >= 11 is 7.08. The zero-order chi connectivity index (χ0) is 20.1. The van der Waals surface area contributed by atoms with Crippen LogP contribution in [0.15, 0.2) is 58.5 Å². The van der Waals surface area contributed by atoms with Crippen molar-refractivity contribution in [2.24, 2.45) is 0 Å². The lowest BCUT2D eigenvalue weighted by atomic mass is 10.2. The number of hydrogen-bond acceptors (Lipinski definition) is 5. The first-order valence-electron chi connectivity index (χ1n) is 8.68. The van der Waals surface area contributed by atoms with Crippen LogP contribution in [0.25, 0.3) is 10.9 Å². The molecule has 0 radical (unpaired) electrons. The molecule has 1 amide bonds. The highest BCUT2D eigenvalue weighted by Crippen LogP contribution is 2.22. The molecule has 0 aliphatic rings. The maximum absolute atomic E-state index is 13.0. The molecule has 0 saturated carbocycles. The van der Waals surface area contributed by atoms with Gasteiger partial charge in [-0.05, 0) is 43.3 Å². The number of hydrogen-bond donors (Lipinski definition) is 1. The van der Waals surface area contributed by atoms with Gasteiger partial charge in [0.2, 0.25) is 5.91 Å². The summed E-state index contributed by atoms with van der Waals surface area (Å²) in [7, 11) is 1.59. The number of anilines is 1. The molecule has 0 unspecified atom stereocenters. The molecule has 1 aromatic heterocycles. The van der Waals surface area contributed by atoms with Gasteiger partial charge < -0.3 is 10.1 Å². The summed E-state index contributed by atoms with van der Waals surface area (Å²) in [5, 5.41) is 4.44. The SMILES string of the molecule is COC[C@@H](C)n1c(SCC(=O)Nc2ccc(Cl)cc2)nc2ccccc2c1=O. The molecule has 0 spiro atoms. The van der Waals surface area contributed by atoms with Gasteiger partial charge in [-0.1, -0.05) is 35.5 Å². The molecule has 3 rings (SSSR count). The van der Waals surface area contributed by atoms with E-state index < -0.39 is 0 Å². The number of ether oxygens (including phenoxy) is 1. The van der Waals surface area contributed by atoms with Gasteiger partial charge in [-0.3, -0.25) is 14.2 Å². The van der Waals surface area contributed by atoms with Gasteiger partial charge in [0.05, 0.1) is 29.3 Å². The largest absolute Gasteiger partial charge is 0.383 e. The summed E-state index contributed by atoms with van der Waals surface area (Å²) in [6.45, 7) is 2.25. The third kappa shape index (κ3) is 4.73. The van der Waals surface area contributed by atoms with Gasteiger partial charge in [-0.2, -0.15) is 0 Å². The molecule has 8 heteroatoms. The Balaban J connectivity index is 1.84. The predicted molar refractivity (Wildman–Crippen MR) is 113 cm³/mol.